The molecule has 0 atom stereocenters. The van der Waals surface area contributed by atoms with Gasteiger partial charge in [-0.15, -0.1) is 11.3 Å². The van der Waals surface area contributed by atoms with Gasteiger partial charge in [0, 0.05) is 16.3 Å². The third-order valence-electron chi connectivity index (χ3n) is 4.34. The first-order chi connectivity index (χ1) is 16.3. The molecule has 0 radical (unpaired) electrons. The van der Waals surface area contributed by atoms with Crippen LogP contribution in [0.5, 0.6) is 5.75 Å². The molecule has 1 heterocycles. The minimum atomic E-state index is -3.42. The lowest BCUT2D eigenvalue weighted by molar-refractivity contribution is -0.140. The summed E-state index contributed by atoms with van der Waals surface area (Å²) in [5, 5.41) is 0.374. The van der Waals surface area contributed by atoms with Crippen molar-refractivity contribution in [3.8, 4) is 5.75 Å². The quantitative estimate of drug-likeness (QED) is 0.143. The maximum Gasteiger partial charge on any atom is 0.349 e. The summed E-state index contributed by atoms with van der Waals surface area (Å²) in [7, 11) is -1.25. The number of fused-ring (bicyclic) bond motifs is 1. The fraction of sp³-hybridized carbons (Fsp3) is 0.565. The van der Waals surface area contributed by atoms with Crippen molar-refractivity contribution in [1.82, 2.24) is 0 Å². The van der Waals surface area contributed by atoms with Crippen LogP contribution in [0.1, 0.15) is 62.7 Å². The van der Waals surface area contributed by atoms with Crippen LogP contribution in [0.4, 0.5) is 8.78 Å². The van der Waals surface area contributed by atoms with Crippen molar-refractivity contribution < 1.29 is 41.6 Å². The molecule has 0 saturated carbocycles. The average Bonchev–Trinajstić information content (AvgIpc) is 3.12. The standard InChI is InChI=1S/C23H30BrF2O7PS/c1-7-31-34(32-8-2)23(25,26)20-18(24)15-12-14(21(28)33-22(3,4)5)13-16(19(15)35-20)30-11-9-10-17(27)29-6/h12-13H,7-11H2,1-6H3. The Morgan fingerprint density at radius 3 is 2.29 bits per heavy atom. The van der Waals surface area contributed by atoms with E-state index in [0.717, 1.165) is 11.3 Å². The second-order valence-electron chi connectivity index (χ2n) is 8.26. The summed E-state index contributed by atoms with van der Waals surface area (Å²) >= 11 is 4.14. The first kappa shape index (κ1) is 29.8. The molecule has 0 aliphatic heterocycles. The Balaban J connectivity index is 2.55. The molecule has 2 rings (SSSR count). The number of thiophene rings is 1. The van der Waals surface area contributed by atoms with E-state index in [9.17, 15) is 9.59 Å². The highest BCUT2D eigenvalue weighted by Crippen LogP contribution is 2.63. The van der Waals surface area contributed by atoms with Gasteiger partial charge in [0.15, 0.2) is 0 Å². The number of hydrogen-bond donors (Lipinski definition) is 0. The molecule has 7 nitrogen and oxygen atoms in total. The topological polar surface area (TPSA) is 80.3 Å². The lowest BCUT2D eigenvalue weighted by Gasteiger charge is -2.24. The van der Waals surface area contributed by atoms with Gasteiger partial charge < -0.3 is 23.3 Å². The molecule has 0 saturated heterocycles. The molecule has 196 valence electrons. The molecule has 0 spiro atoms. The number of rotatable bonds is 12. The summed E-state index contributed by atoms with van der Waals surface area (Å²) in [4.78, 5) is 23.9. The Labute approximate surface area is 217 Å². The average molecular weight is 599 g/mol. The van der Waals surface area contributed by atoms with Crippen molar-refractivity contribution in [3.05, 3.63) is 27.0 Å². The number of esters is 2. The maximum atomic E-state index is 15.5. The SMILES string of the molecule is CCOP(OCC)C(F)(F)c1sc2c(OCCCC(=O)OC)cc(C(=O)OC(C)(C)C)cc2c1Br. The van der Waals surface area contributed by atoms with Gasteiger partial charge in [-0.05, 0) is 69.1 Å². The lowest BCUT2D eigenvalue weighted by atomic mass is 10.1. The van der Waals surface area contributed by atoms with E-state index in [0.29, 0.717) is 16.5 Å². The van der Waals surface area contributed by atoms with Crippen LogP contribution >= 0.6 is 35.6 Å². The molecule has 0 bridgehead atoms. The van der Waals surface area contributed by atoms with Gasteiger partial charge in [-0.1, -0.05) is 0 Å². The maximum absolute atomic E-state index is 15.5. The Morgan fingerprint density at radius 1 is 1.11 bits per heavy atom. The molecule has 0 fully saturated rings. The zero-order valence-electron chi connectivity index (χ0n) is 20.5. The minimum Gasteiger partial charge on any atom is -0.492 e. The van der Waals surface area contributed by atoms with Crippen LogP contribution in [0.15, 0.2) is 16.6 Å². The van der Waals surface area contributed by atoms with Crippen LogP contribution in [0.2, 0.25) is 0 Å². The van der Waals surface area contributed by atoms with Crippen LogP contribution in [-0.4, -0.2) is 44.5 Å². The van der Waals surface area contributed by atoms with E-state index >= 15 is 8.78 Å². The highest BCUT2D eigenvalue weighted by molar-refractivity contribution is 9.10. The molecule has 1 aromatic carbocycles. The van der Waals surface area contributed by atoms with Crippen LogP contribution in [0, 0.1) is 0 Å². The molecule has 12 heteroatoms. The number of hydrogen-bond acceptors (Lipinski definition) is 8. The molecule has 1 aromatic heterocycles. The number of alkyl halides is 2. The van der Waals surface area contributed by atoms with Gasteiger partial charge in [0.25, 0.3) is 8.38 Å². The molecular weight excluding hydrogens is 569 g/mol. The Bertz CT molecular complexity index is 1030. The molecule has 2 aromatic rings. The van der Waals surface area contributed by atoms with Crippen LogP contribution in [-0.2, 0) is 29.0 Å². The minimum absolute atomic E-state index is 0.0706. The van der Waals surface area contributed by atoms with Crippen molar-refractivity contribution in [1.29, 1.82) is 0 Å². The number of ether oxygens (including phenoxy) is 3. The van der Waals surface area contributed by atoms with E-state index < -0.39 is 25.6 Å². The van der Waals surface area contributed by atoms with Crippen molar-refractivity contribution in [2.45, 2.75) is 58.7 Å². The van der Waals surface area contributed by atoms with Gasteiger partial charge in [0.2, 0.25) is 0 Å². The predicted octanol–water partition coefficient (Wildman–Crippen LogP) is 7.39. The second-order valence-corrected chi connectivity index (χ2v) is 11.7. The van der Waals surface area contributed by atoms with Gasteiger partial charge >= 0.3 is 17.6 Å². The number of halogens is 3. The number of methoxy groups -OCH3 is 1. The molecule has 0 amide bonds. The summed E-state index contributed by atoms with van der Waals surface area (Å²) in [6.07, 6.45) is 0.482. The van der Waals surface area contributed by atoms with E-state index in [1.807, 2.05) is 0 Å². The second kappa shape index (κ2) is 12.7. The van der Waals surface area contributed by atoms with Crippen molar-refractivity contribution in [3.63, 3.8) is 0 Å². The fourth-order valence-electron chi connectivity index (χ4n) is 2.91. The van der Waals surface area contributed by atoms with Crippen molar-refractivity contribution >= 4 is 57.7 Å². The Morgan fingerprint density at radius 2 is 1.74 bits per heavy atom. The van der Waals surface area contributed by atoms with Crippen LogP contribution in [0.3, 0.4) is 0 Å². The largest absolute Gasteiger partial charge is 0.492 e. The number of benzene rings is 1. The molecule has 35 heavy (non-hydrogen) atoms. The highest BCUT2D eigenvalue weighted by atomic mass is 79.9. The zero-order chi connectivity index (χ0) is 26.4. The van der Waals surface area contributed by atoms with Gasteiger partial charge in [-0.2, -0.15) is 8.78 Å². The van der Waals surface area contributed by atoms with Gasteiger partial charge in [0.1, 0.15) is 11.4 Å². The zero-order valence-corrected chi connectivity index (χ0v) is 23.8. The molecule has 0 unspecified atom stereocenters. The predicted molar refractivity (Wildman–Crippen MR) is 136 cm³/mol. The van der Waals surface area contributed by atoms with E-state index in [-0.39, 0.29) is 52.9 Å². The third kappa shape index (κ3) is 7.79. The Kier molecular flexibility index (Phi) is 10.8. The van der Waals surface area contributed by atoms with E-state index in [4.69, 9.17) is 18.5 Å². The lowest BCUT2D eigenvalue weighted by Crippen LogP contribution is -2.23. The first-order valence-electron chi connectivity index (χ1n) is 11.0. The first-order valence-corrected chi connectivity index (χ1v) is 13.8. The van der Waals surface area contributed by atoms with E-state index in [1.54, 1.807) is 34.6 Å². The van der Waals surface area contributed by atoms with Crippen molar-refractivity contribution in [2.24, 2.45) is 0 Å². The summed E-state index contributed by atoms with van der Waals surface area (Å²) < 4.78 is 58.0. The summed E-state index contributed by atoms with van der Waals surface area (Å²) in [6.45, 7) is 8.70. The van der Waals surface area contributed by atoms with Crippen molar-refractivity contribution in [2.75, 3.05) is 26.9 Å². The van der Waals surface area contributed by atoms with E-state index in [1.165, 1.54) is 19.2 Å². The molecule has 0 aliphatic carbocycles. The van der Waals surface area contributed by atoms with Gasteiger partial charge in [-0.3, -0.25) is 4.79 Å². The smallest absolute Gasteiger partial charge is 0.349 e. The summed E-state index contributed by atoms with van der Waals surface area (Å²) in [6, 6.07) is 2.96. The van der Waals surface area contributed by atoms with Crippen LogP contribution in [0.25, 0.3) is 10.1 Å². The number of carbonyl (C=O) groups excluding carboxylic acids is 2. The molecule has 0 aliphatic rings. The Hall–Kier alpha value is -1.39. The summed E-state index contributed by atoms with van der Waals surface area (Å²) in [5.41, 5.74) is -4.01. The fourth-order valence-corrected chi connectivity index (χ4v) is 6.52. The third-order valence-corrected chi connectivity index (χ3v) is 8.53. The molecule has 0 N–H and O–H groups in total. The monoisotopic (exact) mass is 598 g/mol. The molecular formula is C23H30BrF2O7PS. The number of carbonyl (C=O) groups is 2. The van der Waals surface area contributed by atoms with Crippen LogP contribution < -0.4 is 4.74 Å². The highest BCUT2D eigenvalue weighted by Gasteiger charge is 2.48. The van der Waals surface area contributed by atoms with E-state index in [2.05, 4.69) is 20.7 Å². The summed E-state index contributed by atoms with van der Waals surface area (Å²) in [5.74, 6) is -0.767. The van der Waals surface area contributed by atoms with Gasteiger partial charge in [0.05, 0.1) is 42.1 Å². The van der Waals surface area contributed by atoms with Gasteiger partial charge in [-0.25, -0.2) is 4.79 Å². The normalized spacial score (nSPS) is 12.3.